The van der Waals surface area contributed by atoms with E-state index < -0.39 is 0 Å². The van der Waals surface area contributed by atoms with Gasteiger partial charge in [0.15, 0.2) is 5.11 Å². The van der Waals surface area contributed by atoms with E-state index in [0.29, 0.717) is 11.5 Å². The number of hydrogen-bond donors (Lipinski definition) is 2. The van der Waals surface area contributed by atoms with Crippen molar-refractivity contribution in [3.8, 4) is 0 Å². The summed E-state index contributed by atoms with van der Waals surface area (Å²) in [5.41, 5.74) is 8.61. The van der Waals surface area contributed by atoms with E-state index in [0.717, 1.165) is 29.2 Å². The highest BCUT2D eigenvalue weighted by atomic mass is 32.1. The molecule has 0 radical (unpaired) electrons. The maximum atomic E-state index is 12.0. The van der Waals surface area contributed by atoms with Crippen LogP contribution in [-0.2, 0) is 11.3 Å². The maximum absolute atomic E-state index is 12.0. The number of nitrogens with one attached hydrogen (secondary N) is 2. The van der Waals surface area contributed by atoms with Crippen molar-refractivity contribution in [2.75, 3.05) is 10.2 Å². The molecule has 194 valence electrons. The lowest BCUT2D eigenvalue weighted by Crippen LogP contribution is -2.29. The molecule has 6 nitrogen and oxygen atoms in total. The van der Waals surface area contributed by atoms with Crippen LogP contribution in [0, 0.1) is 20.8 Å². The third-order valence-corrected chi connectivity index (χ3v) is 7.61. The first-order chi connectivity index (χ1) is 18.4. The number of rotatable bonds is 7. The topological polar surface area (TPSA) is 62.2 Å². The fourth-order valence-electron chi connectivity index (χ4n) is 5.26. The molecule has 0 saturated carbocycles. The second kappa shape index (κ2) is 10.8. The predicted molar refractivity (Wildman–Crippen MR) is 157 cm³/mol. The van der Waals surface area contributed by atoms with Crippen molar-refractivity contribution in [1.82, 2.24) is 14.9 Å². The van der Waals surface area contributed by atoms with Gasteiger partial charge in [-0.2, -0.15) is 0 Å². The Kier molecular flexibility index (Phi) is 7.29. The highest BCUT2D eigenvalue weighted by Crippen LogP contribution is 2.44. The van der Waals surface area contributed by atoms with Crippen LogP contribution in [0.15, 0.2) is 79.0 Å². The molecule has 2 aromatic heterocycles. The van der Waals surface area contributed by atoms with Crippen LogP contribution in [0.4, 0.5) is 11.4 Å². The van der Waals surface area contributed by atoms with Gasteiger partial charge < -0.3 is 20.1 Å². The van der Waals surface area contributed by atoms with Gasteiger partial charge in [0.2, 0.25) is 5.91 Å². The van der Waals surface area contributed by atoms with E-state index in [1.54, 1.807) is 0 Å². The number of nitrogens with zero attached hydrogens (tertiary/aromatic N) is 3. The van der Waals surface area contributed by atoms with Gasteiger partial charge in [-0.15, -0.1) is 0 Å². The molecule has 1 amide bonds. The van der Waals surface area contributed by atoms with E-state index in [-0.39, 0.29) is 18.0 Å². The zero-order valence-electron chi connectivity index (χ0n) is 22.2. The lowest BCUT2D eigenvalue weighted by molar-refractivity contribution is -0.115. The van der Waals surface area contributed by atoms with Crippen molar-refractivity contribution in [3.63, 3.8) is 0 Å². The second-order valence-corrected chi connectivity index (χ2v) is 10.2. The van der Waals surface area contributed by atoms with E-state index in [4.69, 9.17) is 17.2 Å². The van der Waals surface area contributed by atoms with Crippen LogP contribution < -0.4 is 15.5 Å². The largest absolute Gasteiger partial charge is 0.351 e. The minimum Gasteiger partial charge on any atom is -0.351 e. The van der Waals surface area contributed by atoms with Gasteiger partial charge in [0.05, 0.1) is 17.8 Å². The molecule has 1 fully saturated rings. The molecule has 0 aliphatic carbocycles. The normalized spacial score (nSPS) is 16.9. The minimum atomic E-state index is -0.117. The third kappa shape index (κ3) is 4.94. The van der Waals surface area contributed by atoms with Gasteiger partial charge in [-0.25, -0.2) is 0 Å². The Morgan fingerprint density at radius 1 is 1.03 bits per heavy atom. The predicted octanol–water partition coefficient (Wildman–Crippen LogP) is 6.38. The SMILES string of the molecule is CCC(=O)Nc1ccc(N2C(=S)NC(c3ccccn3)C2c2cc(C)n(Cc3ccccc3)c2C)cc1C. The summed E-state index contributed by atoms with van der Waals surface area (Å²) in [4.78, 5) is 18.9. The van der Waals surface area contributed by atoms with Crippen LogP contribution in [0.1, 0.15) is 59.2 Å². The number of carbonyl (C=O) groups excluding carboxylic acids is 1. The average Bonchev–Trinajstić information content (AvgIpc) is 3.41. The van der Waals surface area contributed by atoms with Crippen LogP contribution in [0.5, 0.6) is 0 Å². The summed E-state index contributed by atoms with van der Waals surface area (Å²) in [5.74, 6) is -0.00171. The summed E-state index contributed by atoms with van der Waals surface area (Å²) in [5, 5.41) is 7.21. The van der Waals surface area contributed by atoms with E-state index >= 15 is 0 Å². The molecule has 1 aliphatic heterocycles. The molecule has 3 heterocycles. The first-order valence-corrected chi connectivity index (χ1v) is 13.4. The smallest absolute Gasteiger partial charge is 0.224 e. The number of pyridine rings is 1. The summed E-state index contributed by atoms with van der Waals surface area (Å²) in [6.07, 6.45) is 2.27. The van der Waals surface area contributed by atoms with Crippen LogP contribution in [0.2, 0.25) is 0 Å². The van der Waals surface area contributed by atoms with Crippen molar-refractivity contribution in [3.05, 3.63) is 113 Å². The molecule has 0 spiro atoms. The summed E-state index contributed by atoms with van der Waals surface area (Å²) < 4.78 is 2.37. The quantitative estimate of drug-likeness (QED) is 0.275. The lowest BCUT2D eigenvalue weighted by atomic mass is 9.96. The number of anilines is 2. The van der Waals surface area contributed by atoms with Gasteiger partial charge in [0, 0.05) is 41.9 Å². The van der Waals surface area contributed by atoms with Gasteiger partial charge in [-0.05, 0) is 86.1 Å². The van der Waals surface area contributed by atoms with Gasteiger partial charge >= 0.3 is 0 Å². The van der Waals surface area contributed by atoms with Crippen molar-refractivity contribution < 1.29 is 4.79 Å². The Morgan fingerprint density at radius 3 is 2.47 bits per heavy atom. The summed E-state index contributed by atoms with van der Waals surface area (Å²) in [6, 6.07) is 24.7. The highest BCUT2D eigenvalue weighted by molar-refractivity contribution is 7.80. The van der Waals surface area contributed by atoms with Crippen LogP contribution in [-0.4, -0.2) is 20.6 Å². The molecule has 5 rings (SSSR count). The minimum absolute atomic E-state index is 0.00171. The molecule has 4 aromatic rings. The van der Waals surface area contributed by atoms with Crippen molar-refractivity contribution in [1.29, 1.82) is 0 Å². The third-order valence-electron chi connectivity index (χ3n) is 7.30. The van der Waals surface area contributed by atoms with Crippen molar-refractivity contribution in [2.45, 2.75) is 52.7 Å². The number of aryl methyl sites for hydroxylation is 2. The number of carbonyl (C=O) groups is 1. The zero-order valence-corrected chi connectivity index (χ0v) is 23.0. The fourth-order valence-corrected chi connectivity index (χ4v) is 5.61. The molecule has 2 unspecified atom stereocenters. The molecule has 2 N–H and O–H groups in total. The van der Waals surface area contributed by atoms with Crippen molar-refractivity contribution >= 4 is 34.6 Å². The number of aromatic nitrogens is 2. The van der Waals surface area contributed by atoms with Crippen LogP contribution >= 0.6 is 12.2 Å². The molecule has 1 aliphatic rings. The summed E-state index contributed by atoms with van der Waals surface area (Å²) in [6.45, 7) is 9.02. The molecule has 1 saturated heterocycles. The molecule has 0 bridgehead atoms. The molecule has 7 heteroatoms. The summed E-state index contributed by atoms with van der Waals surface area (Å²) >= 11 is 5.94. The summed E-state index contributed by atoms with van der Waals surface area (Å²) in [7, 11) is 0. The first-order valence-electron chi connectivity index (χ1n) is 13.0. The number of benzene rings is 2. The molecular weight excluding hydrogens is 490 g/mol. The Bertz CT molecular complexity index is 1460. The van der Waals surface area contributed by atoms with Gasteiger partial charge in [-0.3, -0.25) is 9.78 Å². The molecule has 2 aromatic carbocycles. The van der Waals surface area contributed by atoms with E-state index in [1.165, 1.54) is 22.5 Å². The standard InChI is InChI=1S/C31H33N5OS/c1-5-28(37)33-26-15-14-24(17-20(26)2)36-30(29(34-31(36)38)27-13-9-10-16-32-27)25-18-21(3)35(22(25)4)19-23-11-7-6-8-12-23/h6-18,29-30H,5,19H2,1-4H3,(H,33,37)(H,34,38). The maximum Gasteiger partial charge on any atom is 0.224 e. The molecule has 38 heavy (non-hydrogen) atoms. The van der Waals surface area contributed by atoms with Crippen LogP contribution in [0.25, 0.3) is 0 Å². The van der Waals surface area contributed by atoms with Gasteiger partial charge in [-0.1, -0.05) is 43.3 Å². The number of amides is 1. The van der Waals surface area contributed by atoms with Crippen molar-refractivity contribution in [2.24, 2.45) is 0 Å². The Balaban J connectivity index is 1.59. The number of thiocarbonyl (C=S) groups is 1. The average molecular weight is 524 g/mol. The Hall–Kier alpha value is -3.97. The van der Waals surface area contributed by atoms with E-state index in [9.17, 15) is 4.79 Å². The van der Waals surface area contributed by atoms with Gasteiger partial charge in [0.25, 0.3) is 0 Å². The molecular formula is C31H33N5OS. The monoisotopic (exact) mass is 523 g/mol. The van der Waals surface area contributed by atoms with E-state index in [1.807, 2.05) is 50.4 Å². The Labute approximate surface area is 229 Å². The Morgan fingerprint density at radius 2 is 1.79 bits per heavy atom. The highest BCUT2D eigenvalue weighted by Gasteiger charge is 2.42. The first kappa shape index (κ1) is 25.7. The molecule has 2 atom stereocenters. The lowest BCUT2D eigenvalue weighted by Gasteiger charge is -2.29. The second-order valence-electron chi connectivity index (χ2n) is 9.80. The zero-order chi connectivity index (χ0) is 26.8. The van der Waals surface area contributed by atoms with Gasteiger partial charge in [0.1, 0.15) is 0 Å². The van der Waals surface area contributed by atoms with Crippen LogP contribution in [0.3, 0.4) is 0 Å². The number of hydrogen-bond acceptors (Lipinski definition) is 3. The fraction of sp³-hybridized carbons (Fsp3) is 0.258. The van der Waals surface area contributed by atoms with E-state index in [2.05, 4.69) is 76.4 Å².